The third-order valence-electron chi connectivity index (χ3n) is 2.78. The molecule has 0 aliphatic carbocycles. The first kappa shape index (κ1) is 10.9. The molecule has 0 aliphatic heterocycles. The molecule has 1 heterocycles. The van der Waals surface area contributed by atoms with Crippen molar-refractivity contribution in [3.8, 4) is 0 Å². The second kappa shape index (κ2) is 4.52. The van der Waals surface area contributed by atoms with Gasteiger partial charge in [-0.1, -0.05) is 32.0 Å². The summed E-state index contributed by atoms with van der Waals surface area (Å²) < 4.78 is 5.71. The fraction of sp³-hybridized carbons (Fsp3) is 0.357. The molecule has 0 aliphatic rings. The van der Waals surface area contributed by atoms with Gasteiger partial charge >= 0.3 is 0 Å². The molecule has 0 atom stereocenters. The molecular weight excluding hydrogens is 200 g/mol. The number of carbonyl (C=O) groups is 1. The van der Waals surface area contributed by atoms with Crippen molar-refractivity contribution in [2.24, 2.45) is 5.92 Å². The Hall–Kier alpha value is -1.57. The molecule has 1 aromatic carbocycles. The summed E-state index contributed by atoms with van der Waals surface area (Å²) in [5.41, 5.74) is 1.53. The van der Waals surface area contributed by atoms with E-state index in [1.807, 2.05) is 24.3 Å². The molecule has 0 radical (unpaired) electrons. The molecule has 0 unspecified atom stereocenters. The van der Waals surface area contributed by atoms with E-state index in [0.29, 0.717) is 5.92 Å². The molecule has 0 fully saturated rings. The summed E-state index contributed by atoms with van der Waals surface area (Å²) in [7, 11) is 0. The van der Waals surface area contributed by atoms with E-state index in [0.717, 1.165) is 41.4 Å². The van der Waals surface area contributed by atoms with E-state index in [9.17, 15) is 4.79 Å². The van der Waals surface area contributed by atoms with Gasteiger partial charge in [-0.3, -0.25) is 4.79 Å². The summed E-state index contributed by atoms with van der Waals surface area (Å²) in [5.74, 6) is 1.44. The minimum Gasteiger partial charge on any atom is -0.460 e. The van der Waals surface area contributed by atoms with Crippen LogP contribution < -0.4 is 0 Å². The lowest BCUT2D eigenvalue weighted by molar-refractivity contribution is 0.112. The summed E-state index contributed by atoms with van der Waals surface area (Å²) in [6.45, 7) is 4.34. The maximum atomic E-state index is 11.1. The number of carbonyl (C=O) groups excluding carboxylic acids is 1. The summed E-state index contributed by atoms with van der Waals surface area (Å²) in [4.78, 5) is 11.1. The lowest BCUT2D eigenvalue weighted by Crippen LogP contribution is -1.93. The van der Waals surface area contributed by atoms with Gasteiger partial charge in [0.05, 0.1) is 5.56 Å². The van der Waals surface area contributed by atoms with E-state index in [2.05, 4.69) is 13.8 Å². The number of para-hydroxylation sites is 1. The number of furan rings is 1. The first-order valence-corrected chi connectivity index (χ1v) is 5.68. The highest BCUT2D eigenvalue weighted by molar-refractivity contribution is 5.97. The first-order chi connectivity index (χ1) is 7.72. The predicted molar refractivity (Wildman–Crippen MR) is 64.8 cm³/mol. The summed E-state index contributed by atoms with van der Waals surface area (Å²) in [5, 5.41) is 0.927. The van der Waals surface area contributed by atoms with Crippen molar-refractivity contribution in [3.05, 3.63) is 35.6 Å². The molecule has 0 spiro atoms. The van der Waals surface area contributed by atoms with Crippen LogP contribution in [0.4, 0.5) is 0 Å². The summed E-state index contributed by atoms with van der Waals surface area (Å²) in [6.07, 6.45) is 2.78. The number of aldehydes is 1. The molecule has 16 heavy (non-hydrogen) atoms. The van der Waals surface area contributed by atoms with Crippen molar-refractivity contribution in [3.63, 3.8) is 0 Å². The molecule has 0 N–H and O–H groups in total. The zero-order valence-corrected chi connectivity index (χ0v) is 9.69. The molecule has 84 valence electrons. The van der Waals surface area contributed by atoms with E-state index in [1.54, 1.807) is 0 Å². The van der Waals surface area contributed by atoms with Gasteiger partial charge in [0, 0.05) is 11.8 Å². The van der Waals surface area contributed by atoms with Gasteiger partial charge in [-0.15, -0.1) is 0 Å². The average molecular weight is 216 g/mol. The number of hydrogen-bond donors (Lipinski definition) is 0. The van der Waals surface area contributed by atoms with Crippen LogP contribution in [0.3, 0.4) is 0 Å². The van der Waals surface area contributed by atoms with Crippen molar-refractivity contribution in [1.29, 1.82) is 0 Å². The van der Waals surface area contributed by atoms with Gasteiger partial charge in [0.25, 0.3) is 0 Å². The predicted octanol–water partition coefficient (Wildman–Crippen LogP) is 3.83. The largest absolute Gasteiger partial charge is 0.460 e. The molecule has 2 aromatic rings. The van der Waals surface area contributed by atoms with E-state index in [4.69, 9.17) is 4.42 Å². The van der Waals surface area contributed by atoms with Gasteiger partial charge in [-0.25, -0.2) is 0 Å². The second-order valence-electron chi connectivity index (χ2n) is 4.49. The highest BCUT2D eigenvalue weighted by Gasteiger charge is 2.12. The zero-order chi connectivity index (χ0) is 11.5. The Labute approximate surface area is 95.3 Å². The zero-order valence-electron chi connectivity index (χ0n) is 9.69. The molecule has 0 saturated carbocycles. The van der Waals surface area contributed by atoms with Crippen LogP contribution in [0.5, 0.6) is 0 Å². The van der Waals surface area contributed by atoms with Crippen LogP contribution in [0, 0.1) is 5.92 Å². The smallest absolute Gasteiger partial charge is 0.154 e. The first-order valence-electron chi connectivity index (χ1n) is 5.68. The Balaban J connectivity index is 2.40. The Morgan fingerprint density at radius 2 is 2.06 bits per heavy atom. The van der Waals surface area contributed by atoms with Gasteiger partial charge in [0.15, 0.2) is 6.29 Å². The van der Waals surface area contributed by atoms with Crippen molar-refractivity contribution in [2.75, 3.05) is 0 Å². The lowest BCUT2D eigenvalue weighted by Gasteiger charge is -2.01. The van der Waals surface area contributed by atoms with E-state index >= 15 is 0 Å². The van der Waals surface area contributed by atoms with Gasteiger partial charge in [0.1, 0.15) is 11.3 Å². The monoisotopic (exact) mass is 216 g/mol. The van der Waals surface area contributed by atoms with Gasteiger partial charge in [0.2, 0.25) is 0 Å². The fourth-order valence-corrected chi connectivity index (χ4v) is 1.85. The van der Waals surface area contributed by atoms with Crippen LogP contribution in [0.2, 0.25) is 0 Å². The third-order valence-corrected chi connectivity index (χ3v) is 2.78. The number of aryl methyl sites for hydroxylation is 1. The minimum absolute atomic E-state index is 0.618. The Morgan fingerprint density at radius 1 is 1.31 bits per heavy atom. The number of fused-ring (bicyclic) bond motifs is 1. The number of hydrogen-bond acceptors (Lipinski definition) is 2. The van der Waals surface area contributed by atoms with Crippen LogP contribution in [-0.2, 0) is 6.42 Å². The molecule has 2 nitrogen and oxygen atoms in total. The maximum Gasteiger partial charge on any atom is 0.154 e. The van der Waals surface area contributed by atoms with Crippen LogP contribution in [-0.4, -0.2) is 6.29 Å². The molecule has 0 bridgehead atoms. The number of benzene rings is 1. The van der Waals surface area contributed by atoms with Crippen LogP contribution in [0.15, 0.2) is 28.7 Å². The van der Waals surface area contributed by atoms with Crippen LogP contribution >= 0.6 is 0 Å². The Morgan fingerprint density at radius 3 is 2.75 bits per heavy atom. The SMILES string of the molecule is CC(C)CCc1oc2ccccc2c1C=O. The van der Waals surface area contributed by atoms with Crippen LogP contribution in [0.1, 0.15) is 36.4 Å². The van der Waals surface area contributed by atoms with Crippen molar-refractivity contribution in [1.82, 2.24) is 0 Å². The molecule has 1 aromatic heterocycles. The van der Waals surface area contributed by atoms with E-state index < -0.39 is 0 Å². The van der Waals surface area contributed by atoms with Gasteiger partial charge < -0.3 is 4.42 Å². The van der Waals surface area contributed by atoms with E-state index in [-0.39, 0.29) is 0 Å². The Kier molecular flexibility index (Phi) is 3.09. The highest BCUT2D eigenvalue weighted by atomic mass is 16.3. The van der Waals surface area contributed by atoms with Crippen LogP contribution in [0.25, 0.3) is 11.0 Å². The summed E-state index contributed by atoms with van der Waals surface area (Å²) >= 11 is 0. The third kappa shape index (κ3) is 2.01. The molecule has 0 saturated heterocycles. The number of rotatable bonds is 4. The average Bonchev–Trinajstić information content (AvgIpc) is 2.63. The second-order valence-corrected chi connectivity index (χ2v) is 4.49. The molecule has 2 heteroatoms. The quantitative estimate of drug-likeness (QED) is 0.727. The maximum absolute atomic E-state index is 11.1. The molecular formula is C14H16O2. The van der Waals surface area contributed by atoms with Crippen molar-refractivity contribution < 1.29 is 9.21 Å². The van der Waals surface area contributed by atoms with Crippen molar-refractivity contribution in [2.45, 2.75) is 26.7 Å². The topological polar surface area (TPSA) is 30.2 Å². The lowest BCUT2D eigenvalue weighted by atomic mass is 10.0. The Bertz CT molecular complexity index is 494. The normalized spacial score (nSPS) is 11.2. The van der Waals surface area contributed by atoms with Gasteiger partial charge in [-0.05, 0) is 18.4 Å². The minimum atomic E-state index is 0.618. The molecule has 0 amide bonds. The van der Waals surface area contributed by atoms with Gasteiger partial charge in [-0.2, -0.15) is 0 Å². The molecule has 2 rings (SSSR count). The standard InChI is InChI=1S/C14H16O2/c1-10(2)7-8-14-12(9-15)11-5-3-4-6-13(11)16-14/h3-6,9-10H,7-8H2,1-2H3. The fourth-order valence-electron chi connectivity index (χ4n) is 1.85. The summed E-state index contributed by atoms with van der Waals surface area (Å²) in [6, 6.07) is 7.69. The van der Waals surface area contributed by atoms with Crippen molar-refractivity contribution >= 4 is 17.3 Å². The highest BCUT2D eigenvalue weighted by Crippen LogP contribution is 2.25. The van der Waals surface area contributed by atoms with E-state index in [1.165, 1.54) is 0 Å².